The predicted octanol–water partition coefficient (Wildman–Crippen LogP) is 4.45. The van der Waals surface area contributed by atoms with E-state index in [9.17, 15) is 13.2 Å². The minimum Gasteiger partial charge on any atom is -0.494 e. The molecule has 0 saturated carbocycles. The normalized spacial score (nSPS) is 11.0. The summed E-state index contributed by atoms with van der Waals surface area (Å²) in [7, 11) is -1.29. The van der Waals surface area contributed by atoms with Gasteiger partial charge in [0, 0.05) is 11.1 Å². The number of aryl methyl sites for hydroxylation is 1. The van der Waals surface area contributed by atoms with Crippen LogP contribution in [0.25, 0.3) is 0 Å². The smallest absolute Gasteiger partial charge is 0.264 e. The van der Waals surface area contributed by atoms with Crippen molar-refractivity contribution in [1.82, 2.24) is 5.32 Å². The van der Waals surface area contributed by atoms with Gasteiger partial charge in [-0.05, 0) is 67.9 Å². The molecule has 1 N–H and O–H groups in total. The van der Waals surface area contributed by atoms with E-state index in [2.05, 4.69) is 5.32 Å². The first-order chi connectivity index (χ1) is 18.2. The second-order valence-corrected chi connectivity index (χ2v) is 10.3. The van der Waals surface area contributed by atoms with Gasteiger partial charge in [0.25, 0.3) is 10.0 Å². The molecule has 0 aliphatic rings. The molecule has 3 aromatic carbocycles. The van der Waals surface area contributed by atoms with Crippen molar-refractivity contribution in [3.8, 4) is 23.0 Å². The number of rotatable bonds is 13. The molecule has 0 unspecified atom stereocenters. The minimum absolute atomic E-state index is 0.0589. The average molecular weight is 563 g/mol. The number of nitrogens with one attached hydrogen (secondary N) is 1. The molecule has 0 saturated heterocycles. The quantitative estimate of drug-likeness (QED) is 0.307. The molecule has 0 heterocycles. The Hall–Kier alpha value is -3.63. The van der Waals surface area contributed by atoms with Crippen LogP contribution in [0, 0.1) is 6.92 Å². The molecule has 38 heavy (non-hydrogen) atoms. The molecule has 9 nitrogen and oxygen atoms in total. The highest BCUT2D eigenvalue weighted by Gasteiger charge is 2.28. The van der Waals surface area contributed by atoms with Gasteiger partial charge in [-0.2, -0.15) is 0 Å². The molecule has 1 amide bonds. The van der Waals surface area contributed by atoms with Crippen LogP contribution in [0.4, 0.5) is 5.69 Å². The molecule has 0 aliphatic heterocycles. The van der Waals surface area contributed by atoms with E-state index >= 15 is 0 Å². The lowest BCUT2D eigenvalue weighted by Crippen LogP contribution is -2.41. The van der Waals surface area contributed by atoms with Crippen LogP contribution in [-0.4, -0.2) is 54.8 Å². The zero-order chi connectivity index (χ0) is 27.7. The second kappa shape index (κ2) is 13.3. The predicted molar refractivity (Wildman–Crippen MR) is 146 cm³/mol. The van der Waals surface area contributed by atoms with Crippen LogP contribution in [-0.2, 0) is 14.8 Å². The molecule has 0 radical (unpaired) electrons. The number of sulfonamides is 1. The van der Waals surface area contributed by atoms with Gasteiger partial charge in [-0.1, -0.05) is 17.7 Å². The van der Waals surface area contributed by atoms with E-state index in [-0.39, 0.29) is 23.8 Å². The first kappa shape index (κ1) is 28.9. The van der Waals surface area contributed by atoms with Crippen LogP contribution in [0.1, 0.15) is 12.5 Å². The van der Waals surface area contributed by atoms with E-state index in [1.807, 2.05) is 19.9 Å². The van der Waals surface area contributed by atoms with Crippen molar-refractivity contribution in [3.05, 3.63) is 71.2 Å². The lowest BCUT2D eigenvalue weighted by atomic mass is 10.2. The first-order valence-corrected chi connectivity index (χ1v) is 13.6. The number of hydrogen-bond acceptors (Lipinski definition) is 7. The van der Waals surface area contributed by atoms with Crippen molar-refractivity contribution in [2.24, 2.45) is 0 Å². The summed E-state index contributed by atoms with van der Waals surface area (Å²) < 4.78 is 50.0. The highest BCUT2D eigenvalue weighted by molar-refractivity contribution is 7.92. The Morgan fingerprint density at radius 2 is 1.61 bits per heavy atom. The maximum Gasteiger partial charge on any atom is 0.264 e. The third-order valence-corrected chi connectivity index (χ3v) is 7.68. The number of nitrogens with zero attached hydrogens (tertiary/aromatic N) is 1. The summed E-state index contributed by atoms with van der Waals surface area (Å²) in [5, 5.41) is 3.28. The van der Waals surface area contributed by atoms with Crippen LogP contribution in [0.3, 0.4) is 0 Å². The molecule has 0 aromatic heterocycles. The van der Waals surface area contributed by atoms with Gasteiger partial charge in [0.1, 0.15) is 24.7 Å². The summed E-state index contributed by atoms with van der Waals surface area (Å²) >= 11 is 6.11. The van der Waals surface area contributed by atoms with Gasteiger partial charge >= 0.3 is 0 Å². The molecule has 0 spiro atoms. The highest BCUT2D eigenvalue weighted by Crippen LogP contribution is 2.32. The fourth-order valence-corrected chi connectivity index (χ4v) is 5.11. The van der Waals surface area contributed by atoms with Crippen LogP contribution >= 0.6 is 11.6 Å². The minimum atomic E-state index is -4.16. The molecule has 204 valence electrons. The summed E-state index contributed by atoms with van der Waals surface area (Å²) in [5.74, 6) is 1.28. The monoisotopic (exact) mass is 562 g/mol. The van der Waals surface area contributed by atoms with Gasteiger partial charge in [0.15, 0.2) is 11.5 Å². The number of benzene rings is 3. The van der Waals surface area contributed by atoms with Crippen LogP contribution in [0.5, 0.6) is 23.0 Å². The van der Waals surface area contributed by atoms with Crippen molar-refractivity contribution in [1.29, 1.82) is 0 Å². The number of carbonyl (C=O) groups is 1. The van der Waals surface area contributed by atoms with Gasteiger partial charge in [0.2, 0.25) is 5.91 Å². The Kier molecular flexibility index (Phi) is 10.1. The first-order valence-electron chi connectivity index (χ1n) is 11.8. The van der Waals surface area contributed by atoms with E-state index < -0.39 is 22.5 Å². The molecular weight excluding hydrogens is 532 g/mol. The molecule has 0 atom stereocenters. The summed E-state index contributed by atoms with van der Waals surface area (Å²) in [6.45, 7) is 4.09. The molecule has 3 rings (SSSR count). The van der Waals surface area contributed by atoms with E-state index in [1.54, 1.807) is 36.4 Å². The standard InChI is InChI=1S/C27H31ClN2O7S/c1-5-36-21-10-7-20(8-11-21)30(38(32,33)23-12-13-25(34-3)26(17-23)35-4)18-27(31)29-14-15-37-22-9-6-19(2)24(28)16-22/h6-13,16-17H,5,14-15,18H2,1-4H3,(H,29,31). The summed E-state index contributed by atoms with van der Waals surface area (Å²) in [6, 6.07) is 16.0. The lowest BCUT2D eigenvalue weighted by Gasteiger charge is -2.24. The fraction of sp³-hybridized carbons (Fsp3) is 0.296. The highest BCUT2D eigenvalue weighted by atomic mass is 35.5. The van der Waals surface area contributed by atoms with Crippen LogP contribution in [0.2, 0.25) is 5.02 Å². The summed E-state index contributed by atoms with van der Waals surface area (Å²) in [6.07, 6.45) is 0. The maximum atomic E-state index is 13.7. The Labute approximate surface area is 228 Å². The zero-order valence-electron chi connectivity index (χ0n) is 21.7. The topological polar surface area (TPSA) is 103 Å². The number of amides is 1. The third kappa shape index (κ3) is 7.23. The number of halogens is 1. The molecule has 3 aromatic rings. The molecule has 0 bridgehead atoms. The SMILES string of the molecule is CCOc1ccc(N(CC(=O)NCCOc2ccc(C)c(Cl)c2)S(=O)(=O)c2ccc(OC)c(OC)c2)cc1. The van der Waals surface area contributed by atoms with Gasteiger partial charge in [-0.3, -0.25) is 9.10 Å². The molecule has 0 fully saturated rings. The van der Waals surface area contributed by atoms with E-state index in [1.165, 1.54) is 32.4 Å². The van der Waals surface area contributed by atoms with Crippen LogP contribution in [0.15, 0.2) is 65.6 Å². The van der Waals surface area contributed by atoms with Crippen molar-refractivity contribution in [3.63, 3.8) is 0 Å². The average Bonchev–Trinajstić information content (AvgIpc) is 2.92. The second-order valence-electron chi connectivity index (χ2n) is 8.06. The fourth-order valence-electron chi connectivity index (χ4n) is 3.50. The van der Waals surface area contributed by atoms with E-state index in [4.69, 9.17) is 30.5 Å². The van der Waals surface area contributed by atoms with E-state index in [0.29, 0.717) is 34.6 Å². The Balaban J connectivity index is 1.78. The van der Waals surface area contributed by atoms with E-state index in [0.717, 1.165) is 9.87 Å². The van der Waals surface area contributed by atoms with Crippen molar-refractivity contribution >= 4 is 33.2 Å². The largest absolute Gasteiger partial charge is 0.494 e. The number of hydrogen-bond donors (Lipinski definition) is 1. The number of carbonyl (C=O) groups excluding carboxylic acids is 1. The van der Waals surface area contributed by atoms with Crippen molar-refractivity contribution in [2.45, 2.75) is 18.7 Å². The Morgan fingerprint density at radius 1 is 0.921 bits per heavy atom. The maximum absolute atomic E-state index is 13.7. The van der Waals surface area contributed by atoms with Crippen LogP contribution < -0.4 is 28.6 Å². The molecular formula is C27H31ClN2O7S. The van der Waals surface area contributed by atoms with Gasteiger partial charge < -0.3 is 24.3 Å². The Morgan fingerprint density at radius 3 is 2.24 bits per heavy atom. The van der Waals surface area contributed by atoms with Crippen molar-refractivity contribution in [2.75, 3.05) is 44.8 Å². The Bertz CT molecular complexity index is 1350. The third-order valence-electron chi connectivity index (χ3n) is 5.50. The van der Waals surface area contributed by atoms with Gasteiger partial charge in [-0.15, -0.1) is 0 Å². The number of ether oxygens (including phenoxy) is 4. The molecule has 11 heteroatoms. The number of methoxy groups -OCH3 is 2. The van der Waals surface area contributed by atoms with Crippen molar-refractivity contribution < 1.29 is 32.2 Å². The molecule has 0 aliphatic carbocycles. The van der Waals surface area contributed by atoms with Gasteiger partial charge in [0.05, 0.1) is 38.0 Å². The lowest BCUT2D eigenvalue weighted by molar-refractivity contribution is -0.119. The summed E-state index contributed by atoms with van der Waals surface area (Å²) in [5.41, 5.74) is 1.22. The zero-order valence-corrected chi connectivity index (χ0v) is 23.3. The van der Waals surface area contributed by atoms with Gasteiger partial charge in [-0.25, -0.2) is 8.42 Å². The number of anilines is 1. The summed E-state index contributed by atoms with van der Waals surface area (Å²) in [4.78, 5) is 12.8.